The van der Waals surface area contributed by atoms with E-state index in [4.69, 9.17) is 23.2 Å². The summed E-state index contributed by atoms with van der Waals surface area (Å²) in [6.07, 6.45) is 0. The smallest absolute Gasteiger partial charge is 0.0852 e. The zero-order valence-electron chi connectivity index (χ0n) is 10.4. The molecule has 3 aromatic rings. The Morgan fingerprint density at radius 2 is 1.68 bits per heavy atom. The Morgan fingerprint density at radius 3 is 2.37 bits per heavy atom. The van der Waals surface area contributed by atoms with Crippen molar-refractivity contribution in [1.82, 2.24) is 0 Å². The monoisotopic (exact) mass is 306 g/mol. The van der Waals surface area contributed by atoms with Gasteiger partial charge in [0.05, 0.1) is 5.38 Å². The molecular formula is C16H12Cl2S. The third-order valence-corrected chi connectivity index (χ3v) is 5.03. The molecule has 0 radical (unpaired) electrons. The van der Waals surface area contributed by atoms with Crippen LogP contribution in [0.25, 0.3) is 10.8 Å². The zero-order chi connectivity index (χ0) is 13.4. The highest BCUT2D eigenvalue weighted by Gasteiger charge is 2.17. The second-order valence-corrected chi connectivity index (χ2v) is 6.14. The van der Waals surface area contributed by atoms with Gasteiger partial charge in [0.15, 0.2) is 0 Å². The van der Waals surface area contributed by atoms with E-state index in [1.54, 1.807) is 11.3 Å². The van der Waals surface area contributed by atoms with Gasteiger partial charge in [0.2, 0.25) is 0 Å². The van der Waals surface area contributed by atoms with Crippen molar-refractivity contribution < 1.29 is 0 Å². The molecule has 1 unspecified atom stereocenters. The molecule has 0 nitrogen and oxygen atoms in total. The maximum atomic E-state index is 6.67. The van der Waals surface area contributed by atoms with Crippen molar-refractivity contribution in [3.63, 3.8) is 0 Å². The van der Waals surface area contributed by atoms with E-state index in [1.807, 2.05) is 30.3 Å². The molecule has 0 aliphatic heterocycles. The largest absolute Gasteiger partial charge is 0.152 e. The van der Waals surface area contributed by atoms with Gasteiger partial charge in [0.25, 0.3) is 0 Å². The molecule has 0 aliphatic carbocycles. The van der Waals surface area contributed by atoms with Crippen LogP contribution < -0.4 is 0 Å². The summed E-state index contributed by atoms with van der Waals surface area (Å²) >= 11 is 14.6. The summed E-state index contributed by atoms with van der Waals surface area (Å²) in [4.78, 5) is 0. The molecule has 2 aromatic carbocycles. The third kappa shape index (κ3) is 2.27. The molecule has 0 saturated heterocycles. The summed E-state index contributed by atoms with van der Waals surface area (Å²) in [6, 6.07) is 12.1. The van der Waals surface area contributed by atoms with Gasteiger partial charge in [0.1, 0.15) is 0 Å². The number of aryl methyl sites for hydroxylation is 1. The van der Waals surface area contributed by atoms with E-state index in [9.17, 15) is 0 Å². The Morgan fingerprint density at radius 1 is 0.947 bits per heavy atom. The van der Waals surface area contributed by atoms with Crippen molar-refractivity contribution in [2.24, 2.45) is 0 Å². The van der Waals surface area contributed by atoms with Gasteiger partial charge >= 0.3 is 0 Å². The van der Waals surface area contributed by atoms with Crippen molar-refractivity contribution in [3.8, 4) is 0 Å². The Balaban J connectivity index is 2.21. The lowest BCUT2D eigenvalue weighted by atomic mass is 9.98. The first-order valence-corrected chi connectivity index (χ1v) is 7.78. The standard InChI is InChI=1S/C16H12Cl2S/c1-10-8-19-9-14(10)16(18)13-6-7-15(17)12-5-3-2-4-11(12)13/h2-9,16H,1H3. The number of rotatable bonds is 2. The van der Waals surface area contributed by atoms with Crippen molar-refractivity contribution >= 4 is 45.3 Å². The molecule has 1 aromatic heterocycles. The first-order chi connectivity index (χ1) is 9.18. The maximum Gasteiger partial charge on any atom is 0.0852 e. The van der Waals surface area contributed by atoms with E-state index >= 15 is 0 Å². The zero-order valence-corrected chi connectivity index (χ0v) is 12.7. The van der Waals surface area contributed by atoms with E-state index in [2.05, 4.69) is 23.8 Å². The van der Waals surface area contributed by atoms with Gasteiger partial charge in [-0.3, -0.25) is 0 Å². The van der Waals surface area contributed by atoms with Crippen LogP contribution in [0.5, 0.6) is 0 Å². The van der Waals surface area contributed by atoms with E-state index < -0.39 is 0 Å². The van der Waals surface area contributed by atoms with Crippen molar-refractivity contribution in [1.29, 1.82) is 0 Å². The van der Waals surface area contributed by atoms with Crippen LogP contribution in [0.4, 0.5) is 0 Å². The van der Waals surface area contributed by atoms with Crippen LogP contribution in [0.2, 0.25) is 5.02 Å². The fraction of sp³-hybridized carbons (Fsp3) is 0.125. The molecule has 0 saturated carbocycles. The van der Waals surface area contributed by atoms with Gasteiger partial charge in [-0.2, -0.15) is 11.3 Å². The van der Waals surface area contributed by atoms with Gasteiger partial charge in [-0.05, 0) is 45.8 Å². The van der Waals surface area contributed by atoms with E-state index in [0.29, 0.717) is 0 Å². The molecular weight excluding hydrogens is 295 g/mol. The van der Waals surface area contributed by atoms with Gasteiger partial charge in [-0.1, -0.05) is 41.9 Å². The summed E-state index contributed by atoms with van der Waals surface area (Å²) < 4.78 is 0. The quantitative estimate of drug-likeness (QED) is 0.495. The fourth-order valence-electron chi connectivity index (χ4n) is 2.30. The molecule has 3 heteroatoms. The maximum absolute atomic E-state index is 6.67. The summed E-state index contributed by atoms with van der Waals surface area (Å²) in [5.41, 5.74) is 3.53. The normalized spacial score (nSPS) is 12.8. The minimum absolute atomic E-state index is 0.131. The summed E-state index contributed by atoms with van der Waals surface area (Å²) in [5.74, 6) is 0. The van der Waals surface area contributed by atoms with Crippen LogP contribution >= 0.6 is 34.5 Å². The molecule has 96 valence electrons. The van der Waals surface area contributed by atoms with Gasteiger partial charge < -0.3 is 0 Å². The average Bonchev–Trinajstić information content (AvgIpc) is 2.85. The Hall–Kier alpha value is -1.02. The molecule has 0 amide bonds. The van der Waals surface area contributed by atoms with Crippen molar-refractivity contribution in [2.45, 2.75) is 12.3 Å². The highest BCUT2D eigenvalue weighted by molar-refractivity contribution is 7.08. The number of fused-ring (bicyclic) bond motifs is 1. The fourth-order valence-corrected chi connectivity index (χ4v) is 3.91. The van der Waals surface area contributed by atoms with Crippen LogP contribution in [0, 0.1) is 6.92 Å². The van der Waals surface area contributed by atoms with E-state index in [-0.39, 0.29) is 5.38 Å². The minimum Gasteiger partial charge on any atom is -0.152 e. The third-order valence-electron chi connectivity index (χ3n) is 3.35. The molecule has 0 aliphatic rings. The van der Waals surface area contributed by atoms with Crippen molar-refractivity contribution in [2.75, 3.05) is 0 Å². The molecule has 0 fully saturated rings. The van der Waals surface area contributed by atoms with Crippen LogP contribution in [-0.4, -0.2) is 0 Å². The number of hydrogen-bond donors (Lipinski definition) is 0. The highest BCUT2D eigenvalue weighted by atomic mass is 35.5. The number of alkyl halides is 1. The first kappa shape index (κ1) is 13.0. The minimum atomic E-state index is -0.131. The Bertz CT molecular complexity index is 730. The second kappa shape index (κ2) is 5.16. The molecule has 3 rings (SSSR count). The van der Waals surface area contributed by atoms with Crippen LogP contribution in [0.1, 0.15) is 22.1 Å². The number of thiophene rings is 1. The predicted octanol–water partition coefficient (Wildman–Crippen LogP) is 6.19. The Kier molecular flexibility index (Phi) is 3.53. The van der Waals surface area contributed by atoms with Crippen LogP contribution in [0.15, 0.2) is 47.2 Å². The lowest BCUT2D eigenvalue weighted by molar-refractivity contribution is 1.15. The molecule has 0 N–H and O–H groups in total. The summed E-state index contributed by atoms with van der Waals surface area (Å²) in [6.45, 7) is 2.10. The number of hydrogen-bond acceptors (Lipinski definition) is 1. The van der Waals surface area contributed by atoms with Crippen LogP contribution in [-0.2, 0) is 0 Å². The van der Waals surface area contributed by atoms with Crippen LogP contribution in [0.3, 0.4) is 0 Å². The number of halogens is 2. The van der Waals surface area contributed by atoms with E-state index in [0.717, 1.165) is 21.4 Å². The highest BCUT2D eigenvalue weighted by Crippen LogP contribution is 2.38. The van der Waals surface area contributed by atoms with Gasteiger partial charge in [0, 0.05) is 10.4 Å². The van der Waals surface area contributed by atoms with Gasteiger partial charge in [-0.15, -0.1) is 11.6 Å². The molecule has 1 atom stereocenters. The van der Waals surface area contributed by atoms with Gasteiger partial charge in [-0.25, -0.2) is 0 Å². The molecule has 19 heavy (non-hydrogen) atoms. The van der Waals surface area contributed by atoms with Crippen molar-refractivity contribution in [3.05, 3.63) is 68.9 Å². The topological polar surface area (TPSA) is 0 Å². The first-order valence-electron chi connectivity index (χ1n) is 6.02. The lowest BCUT2D eigenvalue weighted by Gasteiger charge is -2.14. The lowest BCUT2D eigenvalue weighted by Crippen LogP contribution is -1.95. The average molecular weight is 307 g/mol. The SMILES string of the molecule is Cc1cscc1C(Cl)c1ccc(Cl)c2ccccc12. The summed E-state index contributed by atoms with van der Waals surface area (Å²) in [7, 11) is 0. The summed E-state index contributed by atoms with van der Waals surface area (Å²) in [5, 5.41) is 7.07. The Labute approximate surface area is 126 Å². The second-order valence-electron chi connectivity index (χ2n) is 4.55. The predicted molar refractivity (Wildman–Crippen MR) is 85.7 cm³/mol. The molecule has 0 bridgehead atoms. The molecule has 1 heterocycles. The van der Waals surface area contributed by atoms with E-state index in [1.165, 1.54) is 11.1 Å². The molecule has 0 spiro atoms. The number of benzene rings is 2.